The van der Waals surface area contributed by atoms with Crippen molar-refractivity contribution in [3.63, 3.8) is 0 Å². The van der Waals surface area contributed by atoms with Crippen LogP contribution in [0.2, 0.25) is 5.02 Å². The SMILES string of the molecule is CCCN1C(=O)C(=Cc2ccc(O)c(Cl)c2)NC1=S. The maximum Gasteiger partial charge on any atom is 0.276 e. The minimum Gasteiger partial charge on any atom is -0.506 e. The zero-order chi connectivity index (χ0) is 14.0. The summed E-state index contributed by atoms with van der Waals surface area (Å²) >= 11 is 10.9. The van der Waals surface area contributed by atoms with Crippen LogP contribution < -0.4 is 5.32 Å². The highest BCUT2D eigenvalue weighted by atomic mass is 35.5. The molecule has 1 aromatic rings. The molecule has 1 aliphatic heterocycles. The van der Waals surface area contributed by atoms with E-state index in [2.05, 4.69) is 5.32 Å². The number of aromatic hydroxyl groups is 1. The maximum absolute atomic E-state index is 12.1. The third-order valence-corrected chi connectivity index (χ3v) is 3.32. The van der Waals surface area contributed by atoms with Gasteiger partial charge in [0.15, 0.2) is 5.11 Å². The van der Waals surface area contributed by atoms with Gasteiger partial charge in [0.05, 0.1) is 5.02 Å². The first-order chi connectivity index (χ1) is 9.02. The van der Waals surface area contributed by atoms with Crippen molar-refractivity contribution in [3.05, 3.63) is 34.5 Å². The molecule has 0 atom stereocenters. The molecule has 2 N–H and O–H groups in total. The molecule has 1 heterocycles. The second-order valence-electron chi connectivity index (χ2n) is 4.16. The van der Waals surface area contributed by atoms with E-state index in [1.165, 1.54) is 11.0 Å². The Morgan fingerprint density at radius 1 is 1.53 bits per heavy atom. The van der Waals surface area contributed by atoms with Gasteiger partial charge in [-0.2, -0.15) is 0 Å². The molecule has 0 radical (unpaired) electrons. The standard InChI is InChI=1S/C13H13ClN2O2S/c1-2-5-16-12(18)10(15-13(16)19)7-8-3-4-11(17)9(14)6-8/h3-4,6-7,17H,2,5H2,1H3,(H,15,19). The number of rotatable bonds is 3. The summed E-state index contributed by atoms with van der Waals surface area (Å²) in [6.45, 7) is 2.58. The monoisotopic (exact) mass is 296 g/mol. The molecule has 0 bridgehead atoms. The average Bonchev–Trinajstić information content (AvgIpc) is 2.62. The van der Waals surface area contributed by atoms with Gasteiger partial charge in [0, 0.05) is 6.54 Å². The number of benzene rings is 1. The van der Waals surface area contributed by atoms with Crippen LogP contribution in [0.25, 0.3) is 6.08 Å². The van der Waals surface area contributed by atoms with Crippen molar-refractivity contribution in [2.24, 2.45) is 0 Å². The number of thiocarbonyl (C=S) groups is 1. The van der Waals surface area contributed by atoms with E-state index in [0.29, 0.717) is 17.4 Å². The van der Waals surface area contributed by atoms with E-state index in [9.17, 15) is 9.90 Å². The number of halogens is 1. The van der Waals surface area contributed by atoms with E-state index in [1.54, 1.807) is 18.2 Å². The Hall–Kier alpha value is -1.59. The topological polar surface area (TPSA) is 52.6 Å². The van der Waals surface area contributed by atoms with Crippen LogP contribution in [-0.4, -0.2) is 27.6 Å². The lowest BCUT2D eigenvalue weighted by atomic mass is 10.2. The highest BCUT2D eigenvalue weighted by molar-refractivity contribution is 7.80. The minimum atomic E-state index is -0.143. The molecular weight excluding hydrogens is 284 g/mol. The molecule has 2 rings (SSSR count). The Kier molecular flexibility index (Phi) is 4.07. The molecule has 6 heteroatoms. The Bertz CT molecular complexity index is 572. The summed E-state index contributed by atoms with van der Waals surface area (Å²) in [4.78, 5) is 13.6. The summed E-state index contributed by atoms with van der Waals surface area (Å²) < 4.78 is 0. The van der Waals surface area contributed by atoms with Gasteiger partial charge in [-0.05, 0) is 42.4 Å². The van der Waals surface area contributed by atoms with Crippen molar-refractivity contribution in [1.82, 2.24) is 10.2 Å². The number of hydrogen-bond acceptors (Lipinski definition) is 3. The Morgan fingerprint density at radius 3 is 2.89 bits per heavy atom. The summed E-state index contributed by atoms with van der Waals surface area (Å²) in [6.07, 6.45) is 2.50. The van der Waals surface area contributed by atoms with Crippen molar-refractivity contribution >= 4 is 40.9 Å². The highest BCUT2D eigenvalue weighted by Gasteiger charge is 2.29. The van der Waals surface area contributed by atoms with E-state index >= 15 is 0 Å². The lowest BCUT2D eigenvalue weighted by Gasteiger charge is -2.11. The summed E-state index contributed by atoms with van der Waals surface area (Å²) in [5, 5.41) is 12.9. The van der Waals surface area contributed by atoms with Crippen molar-refractivity contribution < 1.29 is 9.90 Å². The molecule has 1 saturated heterocycles. The van der Waals surface area contributed by atoms with Crippen LogP contribution >= 0.6 is 23.8 Å². The van der Waals surface area contributed by atoms with Gasteiger partial charge >= 0.3 is 0 Å². The number of carbonyl (C=O) groups is 1. The molecule has 4 nitrogen and oxygen atoms in total. The molecule has 0 aliphatic carbocycles. The summed E-state index contributed by atoms with van der Waals surface area (Å²) in [6, 6.07) is 4.75. The molecule has 0 spiro atoms. The van der Waals surface area contributed by atoms with Gasteiger partial charge in [0.1, 0.15) is 11.4 Å². The number of carbonyl (C=O) groups excluding carboxylic acids is 1. The summed E-state index contributed by atoms with van der Waals surface area (Å²) in [7, 11) is 0. The Morgan fingerprint density at radius 2 is 2.26 bits per heavy atom. The van der Waals surface area contributed by atoms with Gasteiger partial charge in [-0.3, -0.25) is 9.69 Å². The normalized spacial score (nSPS) is 17.2. The minimum absolute atomic E-state index is 0.0117. The third kappa shape index (κ3) is 2.88. The maximum atomic E-state index is 12.1. The van der Waals surface area contributed by atoms with Gasteiger partial charge in [0.2, 0.25) is 0 Å². The van der Waals surface area contributed by atoms with E-state index in [4.69, 9.17) is 23.8 Å². The zero-order valence-electron chi connectivity index (χ0n) is 10.3. The number of phenols is 1. The molecule has 0 saturated carbocycles. The van der Waals surface area contributed by atoms with Crippen LogP contribution in [0.4, 0.5) is 0 Å². The molecule has 1 amide bonds. The van der Waals surface area contributed by atoms with Crippen LogP contribution in [-0.2, 0) is 4.79 Å². The van der Waals surface area contributed by atoms with Gasteiger partial charge < -0.3 is 10.4 Å². The lowest BCUT2D eigenvalue weighted by molar-refractivity contribution is -0.122. The molecule has 1 fully saturated rings. The van der Waals surface area contributed by atoms with Crippen molar-refractivity contribution in [3.8, 4) is 5.75 Å². The fraction of sp³-hybridized carbons (Fsp3) is 0.231. The van der Waals surface area contributed by atoms with Gasteiger partial charge in [-0.25, -0.2) is 0 Å². The molecule has 100 valence electrons. The predicted molar refractivity (Wildman–Crippen MR) is 78.8 cm³/mol. The largest absolute Gasteiger partial charge is 0.506 e. The fourth-order valence-corrected chi connectivity index (χ4v) is 2.25. The van der Waals surface area contributed by atoms with E-state index in [0.717, 1.165) is 12.0 Å². The number of nitrogens with one attached hydrogen (secondary N) is 1. The van der Waals surface area contributed by atoms with Crippen LogP contribution in [0.5, 0.6) is 5.75 Å². The van der Waals surface area contributed by atoms with Crippen LogP contribution in [0, 0.1) is 0 Å². The molecule has 0 unspecified atom stereocenters. The van der Waals surface area contributed by atoms with Crippen LogP contribution in [0.15, 0.2) is 23.9 Å². The number of amides is 1. The molecule has 0 aromatic heterocycles. The second kappa shape index (κ2) is 5.59. The van der Waals surface area contributed by atoms with E-state index in [-0.39, 0.29) is 16.7 Å². The first-order valence-corrected chi connectivity index (χ1v) is 6.64. The summed E-state index contributed by atoms with van der Waals surface area (Å²) in [5.41, 5.74) is 1.14. The smallest absolute Gasteiger partial charge is 0.276 e. The van der Waals surface area contributed by atoms with E-state index < -0.39 is 0 Å². The molecule has 1 aromatic carbocycles. The van der Waals surface area contributed by atoms with Crippen LogP contribution in [0.3, 0.4) is 0 Å². The fourth-order valence-electron chi connectivity index (χ4n) is 1.78. The lowest BCUT2D eigenvalue weighted by Crippen LogP contribution is -2.31. The van der Waals surface area contributed by atoms with Crippen LogP contribution in [0.1, 0.15) is 18.9 Å². The van der Waals surface area contributed by atoms with Gasteiger partial charge in [-0.15, -0.1) is 0 Å². The third-order valence-electron chi connectivity index (χ3n) is 2.69. The first-order valence-electron chi connectivity index (χ1n) is 5.86. The number of phenolic OH excluding ortho intramolecular Hbond substituents is 1. The van der Waals surface area contributed by atoms with Gasteiger partial charge in [-0.1, -0.05) is 24.6 Å². The number of nitrogens with zero attached hydrogens (tertiary/aromatic N) is 1. The van der Waals surface area contributed by atoms with Crippen molar-refractivity contribution in [1.29, 1.82) is 0 Å². The van der Waals surface area contributed by atoms with E-state index in [1.807, 2.05) is 6.92 Å². The number of hydrogen-bond donors (Lipinski definition) is 2. The first kappa shape index (κ1) is 13.8. The van der Waals surface area contributed by atoms with Crippen molar-refractivity contribution in [2.45, 2.75) is 13.3 Å². The van der Waals surface area contributed by atoms with Crippen molar-refractivity contribution in [2.75, 3.05) is 6.54 Å². The average molecular weight is 297 g/mol. The molecule has 19 heavy (non-hydrogen) atoms. The second-order valence-corrected chi connectivity index (χ2v) is 4.95. The van der Waals surface area contributed by atoms with Gasteiger partial charge in [0.25, 0.3) is 5.91 Å². The summed E-state index contributed by atoms with van der Waals surface area (Å²) in [5.74, 6) is -0.131. The predicted octanol–water partition coefficient (Wildman–Crippen LogP) is 2.51. The Balaban J connectivity index is 2.27. The quantitative estimate of drug-likeness (QED) is 0.665. The zero-order valence-corrected chi connectivity index (χ0v) is 11.9. The molecular formula is C13H13ClN2O2S. The Labute approximate surface area is 121 Å². The highest BCUT2D eigenvalue weighted by Crippen LogP contribution is 2.25. The molecule has 1 aliphatic rings.